The van der Waals surface area contributed by atoms with Gasteiger partial charge >= 0.3 is 0 Å². The average Bonchev–Trinajstić information content (AvgIpc) is 3.31. The standard InChI is InChI=1S/C19H38O2/c1-3-5-6-7-8-9-10-11-12-13-14-18(20)19(21-4-2)17-15-16-17/h17-20H,3-16H2,1-2H3. The van der Waals surface area contributed by atoms with Crippen LogP contribution in [-0.2, 0) is 4.74 Å². The van der Waals surface area contributed by atoms with E-state index in [1.54, 1.807) is 0 Å². The van der Waals surface area contributed by atoms with Gasteiger partial charge in [-0.15, -0.1) is 0 Å². The molecule has 1 aliphatic carbocycles. The first-order chi connectivity index (χ1) is 10.3. The molecular formula is C19H38O2. The molecule has 1 saturated carbocycles. The van der Waals surface area contributed by atoms with E-state index in [0.717, 1.165) is 19.4 Å². The Labute approximate surface area is 132 Å². The Kier molecular flexibility index (Phi) is 11.3. The lowest BCUT2D eigenvalue weighted by Crippen LogP contribution is -2.31. The van der Waals surface area contributed by atoms with Gasteiger partial charge in [-0.1, -0.05) is 71.1 Å². The second-order valence-electron chi connectivity index (χ2n) is 6.80. The average molecular weight is 299 g/mol. The van der Waals surface area contributed by atoms with Crippen molar-refractivity contribution in [2.45, 2.75) is 110 Å². The Morgan fingerprint density at radius 1 is 0.857 bits per heavy atom. The van der Waals surface area contributed by atoms with Gasteiger partial charge in [0.15, 0.2) is 0 Å². The minimum Gasteiger partial charge on any atom is -0.390 e. The van der Waals surface area contributed by atoms with Crippen LogP contribution in [0.3, 0.4) is 0 Å². The highest BCUT2D eigenvalue weighted by molar-refractivity contribution is 4.86. The van der Waals surface area contributed by atoms with E-state index in [1.165, 1.54) is 70.6 Å². The lowest BCUT2D eigenvalue weighted by atomic mass is 10.0. The molecule has 0 heterocycles. The lowest BCUT2D eigenvalue weighted by Gasteiger charge is -2.22. The second kappa shape index (κ2) is 12.5. The number of aliphatic hydroxyl groups is 1. The molecule has 0 aromatic carbocycles. The maximum atomic E-state index is 10.2. The lowest BCUT2D eigenvalue weighted by molar-refractivity contribution is -0.0483. The van der Waals surface area contributed by atoms with Crippen molar-refractivity contribution >= 4 is 0 Å². The van der Waals surface area contributed by atoms with Crippen molar-refractivity contribution in [3.8, 4) is 0 Å². The van der Waals surface area contributed by atoms with Crippen molar-refractivity contribution in [2.75, 3.05) is 6.61 Å². The van der Waals surface area contributed by atoms with Crippen LogP contribution >= 0.6 is 0 Å². The minimum atomic E-state index is -0.230. The Morgan fingerprint density at radius 2 is 1.38 bits per heavy atom. The zero-order chi connectivity index (χ0) is 15.3. The zero-order valence-electron chi connectivity index (χ0n) is 14.5. The predicted molar refractivity (Wildman–Crippen MR) is 90.6 cm³/mol. The molecule has 0 aromatic heterocycles. The van der Waals surface area contributed by atoms with Crippen LogP contribution in [-0.4, -0.2) is 23.9 Å². The number of hydrogen-bond acceptors (Lipinski definition) is 2. The molecule has 1 aliphatic rings. The summed E-state index contributed by atoms with van der Waals surface area (Å²) in [5.41, 5.74) is 0. The molecule has 1 fully saturated rings. The summed E-state index contributed by atoms with van der Waals surface area (Å²) in [6, 6.07) is 0. The fraction of sp³-hybridized carbons (Fsp3) is 1.00. The molecular weight excluding hydrogens is 260 g/mol. The van der Waals surface area contributed by atoms with Crippen LogP contribution < -0.4 is 0 Å². The minimum absolute atomic E-state index is 0.119. The maximum Gasteiger partial charge on any atom is 0.0861 e. The number of hydrogen-bond donors (Lipinski definition) is 1. The summed E-state index contributed by atoms with van der Waals surface area (Å²) in [6.07, 6.45) is 16.9. The Hall–Kier alpha value is -0.0800. The van der Waals surface area contributed by atoms with Crippen LogP contribution in [0.2, 0.25) is 0 Å². The molecule has 2 heteroatoms. The van der Waals surface area contributed by atoms with Gasteiger partial charge in [0.2, 0.25) is 0 Å². The maximum absolute atomic E-state index is 10.2. The summed E-state index contributed by atoms with van der Waals surface area (Å²) >= 11 is 0. The van der Waals surface area contributed by atoms with Crippen LogP contribution in [0.25, 0.3) is 0 Å². The first kappa shape index (κ1) is 19.0. The molecule has 0 radical (unpaired) electrons. The Balaban J connectivity index is 1.88. The fourth-order valence-corrected chi connectivity index (χ4v) is 3.18. The van der Waals surface area contributed by atoms with E-state index in [9.17, 15) is 5.11 Å². The normalized spacial score (nSPS) is 17.9. The third-order valence-electron chi connectivity index (χ3n) is 4.68. The number of ether oxygens (including phenoxy) is 1. The van der Waals surface area contributed by atoms with Crippen LogP contribution in [0.1, 0.15) is 97.3 Å². The molecule has 0 aromatic rings. The van der Waals surface area contributed by atoms with Crippen molar-refractivity contribution in [2.24, 2.45) is 5.92 Å². The monoisotopic (exact) mass is 298 g/mol. The van der Waals surface area contributed by atoms with Gasteiger partial charge in [0, 0.05) is 6.61 Å². The summed E-state index contributed by atoms with van der Waals surface area (Å²) in [5.74, 6) is 0.642. The Bertz CT molecular complexity index is 226. The number of unbranched alkanes of at least 4 members (excludes halogenated alkanes) is 9. The molecule has 0 aliphatic heterocycles. The summed E-state index contributed by atoms with van der Waals surface area (Å²) in [5, 5.41) is 10.2. The highest BCUT2D eigenvalue weighted by Crippen LogP contribution is 2.36. The largest absolute Gasteiger partial charge is 0.390 e. The molecule has 126 valence electrons. The summed E-state index contributed by atoms with van der Waals surface area (Å²) in [6.45, 7) is 5.03. The van der Waals surface area contributed by atoms with Gasteiger partial charge in [-0.25, -0.2) is 0 Å². The summed E-state index contributed by atoms with van der Waals surface area (Å²) in [7, 11) is 0. The molecule has 0 bridgehead atoms. The first-order valence-corrected chi connectivity index (χ1v) is 9.59. The van der Waals surface area contributed by atoms with Crippen molar-refractivity contribution < 1.29 is 9.84 Å². The van der Waals surface area contributed by atoms with Gasteiger partial charge in [-0.05, 0) is 32.1 Å². The highest BCUT2D eigenvalue weighted by Gasteiger charge is 2.36. The molecule has 21 heavy (non-hydrogen) atoms. The van der Waals surface area contributed by atoms with Crippen molar-refractivity contribution in [3.05, 3.63) is 0 Å². The molecule has 0 saturated heterocycles. The van der Waals surface area contributed by atoms with Gasteiger partial charge < -0.3 is 9.84 Å². The van der Waals surface area contributed by atoms with Crippen molar-refractivity contribution in [1.82, 2.24) is 0 Å². The first-order valence-electron chi connectivity index (χ1n) is 9.59. The van der Waals surface area contributed by atoms with E-state index in [0.29, 0.717) is 5.92 Å². The molecule has 2 unspecified atom stereocenters. The topological polar surface area (TPSA) is 29.5 Å². The second-order valence-corrected chi connectivity index (χ2v) is 6.80. The van der Waals surface area contributed by atoms with E-state index in [-0.39, 0.29) is 12.2 Å². The van der Waals surface area contributed by atoms with E-state index >= 15 is 0 Å². The van der Waals surface area contributed by atoms with Crippen LogP contribution in [0.15, 0.2) is 0 Å². The van der Waals surface area contributed by atoms with Gasteiger partial charge in [-0.3, -0.25) is 0 Å². The zero-order valence-corrected chi connectivity index (χ0v) is 14.5. The summed E-state index contributed by atoms with van der Waals surface area (Å²) in [4.78, 5) is 0. The highest BCUT2D eigenvalue weighted by atomic mass is 16.5. The van der Waals surface area contributed by atoms with Gasteiger partial charge in [0.1, 0.15) is 0 Å². The van der Waals surface area contributed by atoms with Gasteiger partial charge in [0.25, 0.3) is 0 Å². The third-order valence-corrected chi connectivity index (χ3v) is 4.68. The Morgan fingerprint density at radius 3 is 1.86 bits per heavy atom. The van der Waals surface area contributed by atoms with E-state index in [1.807, 2.05) is 6.92 Å². The van der Waals surface area contributed by atoms with E-state index < -0.39 is 0 Å². The van der Waals surface area contributed by atoms with Crippen molar-refractivity contribution in [3.63, 3.8) is 0 Å². The predicted octanol–water partition coefficient (Wildman–Crippen LogP) is 5.47. The van der Waals surface area contributed by atoms with Crippen molar-refractivity contribution in [1.29, 1.82) is 0 Å². The number of aliphatic hydroxyl groups excluding tert-OH is 1. The molecule has 2 atom stereocenters. The quantitative estimate of drug-likeness (QED) is 0.406. The van der Waals surface area contributed by atoms with Crippen LogP contribution in [0.5, 0.6) is 0 Å². The SMILES string of the molecule is CCCCCCCCCCCCC(O)C(OCC)C1CC1. The van der Waals surface area contributed by atoms with E-state index in [2.05, 4.69) is 6.92 Å². The van der Waals surface area contributed by atoms with Gasteiger partial charge in [-0.2, -0.15) is 0 Å². The van der Waals surface area contributed by atoms with Crippen LogP contribution in [0.4, 0.5) is 0 Å². The summed E-state index contributed by atoms with van der Waals surface area (Å²) < 4.78 is 5.72. The smallest absolute Gasteiger partial charge is 0.0861 e. The molecule has 0 spiro atoms. The van der Waals surface area contributed by atoms with E-state index in [4.69, 9.17) is 4.74 Å². The number of rotatable bonds is 15. The molecule has 2 nitrogen and oxygen atoms in total. The third kappa shape index (κ3) is 9.52. The van der Waals surface area contributed by atoms with Gasteiger partial charge in [0.05, 0.1) is 12.2 Å². The fourth-order valence-electron chi connectivity index (χ4n) is 3.18. The molecule has 1 N–H and O–H groups in total. The molecule has 1 rings (SSSR count). The molecule has 0 amide bonds. The van der Waals surface area contributed by atoms with Crippen LogP contribution in [0, 0.1) is 5.92 Å².